The van der Waals surface area contributed by atoms with E-state index >= 15 is 0 Å². The van der Waals surface area contributed by atoms with Crippen molar-refractivity contribution in [3.63, 3.8) is 0 Å². The molecule has 0 amide bonds. The maximum absolute atomic E-state index is 4.93. The lowest BCUT2D eigenvalue weighted by molar-refractivity contribution is 0.971. The molecular formula is C37H22N4S. The summed E-state index contributed by atoms with van der Waals surface area (Å²) in [5.41, 5.74) is 9.34. The fourth-order valence-electron chi connectivity index (χ4n) is 6.92. The lowest BCUT2D eigenvalue weighted by Crippen LogP contribution is -1.98. The van der Waals surface area contributed by atoms with Crippen molar-refractivity contribution in [1.29, 1.82) is 0 Å². The molecule has 5 aromatic carbocycles. The second-order valence-electron chi connectivity index (χ2n) is 10.9. The molecular weight excluding hydrogens is 533 g/mol. The van der Waals surface area contributed by atoms with Crippen molar-refractivity contribution in [3.05, 3.63) is 134 Å². The maximum Gasteiger partial charge on any atom is 0.0980 e. The van der Waals surface area contributed by atoms with E-state index in [2.05, 4.69) is 143 Å². The number of aromatic nitrogens is 4. The Labute approximate surface area is 243 Å². The van der Waals surface area contributed by atoms with E-state index in [9.17, 15) is 0 Å². The van der Waals surface area contributed by atoms with E-state index in [1.807, 2.05) is 15.9 Å². The molecule has 0 saturated carbocycles. The van der Waals surface area contributed by atoms with Crippen LogP contribution < -0.4 is 0 Å². The SMILES string of the molecule is c1ccc(-n2c3ccccc3c3cc4c(cc32)c2sc3ccccc3c2n4-c2cccn3nc4ccccc4c23)cc1. The average molecular weight is 555 g/mol. The number of nitrogens with zero attached hydrogens (tertiary/aromatic N) is 4. The molecule has 0 unspecified atom stereocenters. The van der Waals surface area contributed by atoms with Gasteiger partial charge in [0.25, 0.3) is 0 Å². The first-order valence-corrected chi connectivity index (χ1v) is 15.0. The van der Waals surface area contributed by atoms with E-state index in [1.54, 1.807) is 0 Å². The fourth-order valence-corrected chi connectivity index (χ4v) is 8.13. The summed E-state index contributed by atoms with van der Waals surface area (Å²) in [6.07, 6.45) is 2.05. The first kappa shape index (κ1) is 22.3. The second kappa shape index (κ2) is 8.09. The first-order valence-electron chi connectivity index (χ1n) is 14.2. The molecule has 0 saturated heterocycles. The third-order valence-electron chi connectivity index (χ3n) is 8.65. The van der Waals surface area contributed by atoms with E-state index in [1.165, 1.54) is 58.7 Å². The zero-order valence-corrected chi connectivity index (χ0v) is 23.2. The quantitative estimate of drug-likeness (QED) is 0.209. The lowest BCUT2D eigenvalue weighted by Gasteiger charge is -2.11. The minimum absolute atomic E-state index is 1.00. The Morgan fingerprint density at radius 2 is 1.21 bits per heavy atom. The normalized spacial score (nSPS) is 12.3. The summed E-state index contributed by atoms with van der Waals surface area (Å²) in [4.78, 5) is 0. The van der Waals surface area contributed by atoms with Crippen LogP contribution in [0.1, 0.15) is 0 Å². The third kappa shape index (κ3) is 2.83. The Kier molecular flexibility index (Phi) is 4.30. The van der Waals surface area contributed by atoms with Gasteiger partial charge in [-0.05, 0) is 54.6 Å². The molecule has 0 radical (unpaired) electrons. The van der Waals surface area contributed by atoms with Gasteiger partial charge in [-0.3, -0.25) is 0 Å². The van der Waals surface area contributed by atoms with Crippen LogP contribution in [-0.2, 0) is 0 Å². The molecule has 4 nitrogen and oxygen atoms in total. The summed E-state index contributed by atoms with van der Waals surface area (Å²) in [7, 11) is 0. The summed E-state index contributed by atoms with van der Waals surface area (Å²) in [6.45, 7) is 0. The lowest BCUT2D eigenvalue weighted by atomic mass is 10.1. The van der Waals surface area contributed by atoms with Gasteiger partial charge in [0.05, 0.1) is 43.5 Å². The highest BCUT2D eigenvalue weighted by Crippen LogP contribution is 2.45. The van der Waals surface area contributed by atoms with Gasteiger partial charge in [0.1, 0.15) is 0 Å². The van der Waals surface area contributed by atoms with Crippen LogP contribution in [-0.4, -0.2) is 18.7 Å². The van der Waals surface area contributed by atoms with E-state index in [0.29, 0.717) is 0 Å². The summed E-state index contributed by atoms with van der Waals surface area (Å²) in [6, 6.07) is 45.9. The minimum Gasteiger partial charge on any atom is -0.309 e. The van der Waals surface area contributed by atoms with Crippen LogP contribution in [0.25, 0.3) is 80.8 Å². The molecule has 196 valence electrons. The summed E-state index contributed by atoms with van der Waals surface area (Å²) in [5, 5.41) is 11.1. The fraction of sp³-hybridized carbons (Fsp3) is 0. The minimum atomic E-state index is 1.00. The van der Waals surface area contributed by atoms with E-state index in [-0.39, 0.29) is 0 Å². The number of thiophene rings is 1. The van der Waals surface area contributed by atoms with E-state index in [0.717, 1.165) is 22.1 Å². The van der Waals surface area contributed by atoms with Crippen molar-refractivity contribution in [2.45, 2.75) is 0 Å². The number of para-hydroxylation sites is 2. The zero-order chi connectivity index (χ0) is 27.4. The number of fused-ring (bicyclic) bond motifs is 11. The van der Waals surface area contributed by atoms with Gasteiger partial charge in [-0.2, -0.15) is 5.10 Å². The monoisotopic (exact) mass is 554 g/mol. The number of hydrogen-bond donors (Lipinski definition) is 0. The van der Waals surface area contributed by atoms with Gasteiger partial charge in [-0.15, -0.1) is 11.3 Å². The van der Waals surface area contributed by atoms with Crippen LogP contribution in [0.15, 0.2) is 134 Å². The molecule has 10 rings (SSSR count). The molecule has 0 aliphatic rings. The van der Waals surface area contributed by atoms with Gasteiger partial charge in [0, 0.05) is 43.5 Å². The Bertz CT molecular complexity index is 2680. The molecule has 0 spiro atoms. The molecule has 0 aliphatic heterocycles. The van der Waals surface area contributed by atoms with Crippen molar-refractivity contribution >= 4 is 80.8 Å². The van der Waals surface area contributed by atoms with Crippen LogP contribution in [0, 0.1) is 0 Å². The van der Waals surface area contributed by atoms with Crippen molar-refractivity contribution in [1.82, 2.24) is 18.7 Å². The number of pyridine rings is 1. The predicted octanol–water partition coefficient (Wildman–Crippen LogP) is 9.90. The standard InChI is InChI=1S/C37H22N4S/c1-2-11-23(12-3-1)40-30-17-8-5-13-24(30)27-21-33-28(22-32(27)40)37-36(26-15-6-9-19-34(26)42-37)41(33)31-18-10-20-39-35(31)25-14-4-7-16-29(25)38-39/h1-22H. The molecule has 0 atom stereocenters. The number of rotatable bonds is 2. The van der Waals surface area contributed by atoms with Crippen LogP contribution in [0.2, 0.25) is 0 Å². The zero-order valence-electron chi connectivity index (χ0n) is 22.4. The topological polar surface area (TPSA) is 27.2 Å². The summed E-state index contributed by atoms with van der Waals surface area (Å²) in [5.74, 6) is 0. The van der Waals surface area contributed by atoms with Crippen LogP contribution in [0.5, 0.6) is 0 Å². The highest BCUT2D eigenvalue weighted by molar-refractivity contribution is 7.26. The van der Waals surface area contributed by atoms with Crippen molar-refractivity contribution < 1.29 is 0 Å². The van der Waals surface area contributed by atoms with Gasteiger partial charge >= 0.3 is 0 Å². The predicted molar refractivity (Wildman–Crippen MR) is 177 cm³/mol. The Hall–Kier alpha value is -5.39. The van der Waals surface area contributed by atoms with Gasteiger partial charge in [0.15, 0.2) is 0 Å². The summed E-state index contributed by atoms with van der Waals surface area (Å²) >= 11 is 1.88. The van der Waals surface area contributed by atoms with Gasteiger partial charge in [-0.25, -0.2) is 4.52 Å². The molecule has 0 N–H and O–H groups in total. The largest absolute Gasteiger partial charge is 0.309 e. The molecule has 5 heteroatoms. The molecule has 10 aromatic rings. The molecule has 0 bridgehead atoms. The maximum atomic E-state index is 4.93. The second-order valence-corrected chi connectivity index (χ2v) is 11.9. The molecule has 0 fully saturated rings. The Morgan fingerprint density at radius 3 is 2.12 bits per heavy atom. The van der Waals surface area contributed by atoms with Gasteiger partial charge in [0.2, 0.25) is 0 Å². The molecule has 42 heavy (non-hydrogen) atoms. The first-order chi connectivity index (χ1) is 20.8. The molecule has 5 aromatic heterocycles. The third-order valence-corrected chi connectivity index (χ3v) is 9.84. The average Bonchev–Trinajstić information content (AvgIpc) is 3.77. The Balaban J connectivity index is 1.44. The van der Waals surface area contributed by atoms with Crippen molar-refractivity contribution in [2.24, 2.45) is 0 Å². The van der Waals surface area contributed by atoms with Crippen LogP contribution in [0.3, 0.4) is 0 Å². The number of hydrogen-bond acceptors (Lipinski definition) is 2. The number of benzene rings is 5. The highest BCUT2D eigenvalue weighted by atomic mass is 32.1. The smallest absolute Gasteiger partial charge is 0.0980 e. The van der Waals surface area contributed by atoms with Crippen LogP contribution >= 0.6 is 11.3 Å². The molecule has 0 aliphatic carbocycles. The Morgan fingerprint density at radius 1 is 0.500 bits per heavy atom. The van der Waals surface area contributed by atoms with Gasteiger partial charge < -0.3 is 9.13 Å². The molecule has 5 heterocycles. The summed E-state index contributed by atoms with van der Waals surface area (Å²) < 4.78 is 9.54. The van der Waals surface area contributed by atoms with E-state index in [4.69, 9.17) is 5.10 Å². The highest BCUT2D eigenvalue weighted by Gasteiger charge is 2.23. The van der Waals surface area contributed by atoms with Gasteiger partial charge in [-0.1, -0.05) is 72.8 Å². The van der Waals surface area contributed by atoms with Crippen molar-refractivity contribution in [2.75, 3.05) is 0 Å². The van der Waals surface area contributed by atoms with Crippen LogP contribution in [0.4, 0.5) is 0 Å². The van der Waals surface area contributed by atoms with E-state index < -0.39 is 0 Å². The van der Waals surface area contributed by atoms with Crippen molar-refractivity contribution in [3.8, 4) is 11.4 Å².